The van der Waals surface area contributed by atoms with Gasteiger partial charge in [0.25, 0.3) is 0 Å². The molecule has 0 bridgehead atoms. The molecular weight excluding hydrogens is 318 g/mol. The average Bonchev–Trinajstić information content (AvgIpc) is 2.48. The summed E-state index contributed by atoms with van der Waals surface area (Å²) >= 11 is 3.54. The highest BCUT2D eigenvalue weighted by molar-refractivity contribution is 9.10. The second-order valence-electron chi connectivity index (χ2n) is 4.37. The molecule has 1 unspecified atom stereocenters. The molecule has 2 rings (SSSR count). The topological polar surface area (TPSA) is 44.5 Å². The Kier molecular flexibility index (Phi) is 5.04. The summed E-state index contributed by atoms with van der Waals surface area (Å²) in [5.41, 5.74) is 8.35. The van der Waals surface area contributed by atoms with Crippen molar-refractivity contribution < 1.29 is 9.47 Å². The summed E-state index contributed by atoms with van der Waals surface area (Å²) in [5, 5.41) is 0. The molecule has 0 saturated carbocycles. The smallest absolute Gasteiger partial charge is 0.119 e. The first-order valence-electron chi connectivity index (χ1n) is 6.47. The molecule has 0 heterocycles. The van der Waals surface area contributed by atoms with E-state index in [2.05, 4.69) is 15.9 Å². The zero-order chi connectivity index (χ0) is 14.5. The van der Waals surface area contributed by atoms with Crippen LogP contribution in [-0.4, -0.2) is 13.7 Å². The Morgan fingerprint density at radius 1 is 1.15 bits per heavy atom. The zero-order valence-electron chi connectivity index (χ0n) is 11.6. The first-order chi connectivity index (χ1) is 9.65. The first-order valence-corrected chi connectivity index (χ1v) is 7.26. The van der Waals surface area contributed by atoms with Gasteiger partial charge in [-0.15, -0.1) is 0 Å². The lowest BCUT2D eigenvalue weighted by atomic mass is 9.99. The number of ether oxygens (including phenoxy) is 2. The number of nitrogens with two attached hydrogens (primary N) is 1. The van der Waals surface area contributed by atoms with Gasteiger partial charge in [-0.25, -0.2) is 0 Å². The molecule has 0 aliphatic heterocycles. The third-order valence-corrected chi connectivity index (χ3v) is 3.79. The van der Waals surface area contributed by atoms with Gasteiger partial charge in [0, 0.05) is 4.47 Å². The van der Waals surface area contributed by atoms with Gasteiger partial charge >= 0.3 is 0 Å². The molecule has 2 aromatic carbocycles. The van der Waals surface area contributed by atoms with Crippen molar-refractivity contribution in [1.82, 2.24) is 0 Å². The highest BCUT2D eigenvalue weighted by Gasteiger charge is 2.14. The Labute approximate surface area is 127 Å². The van der Waals surface area contributed by atoms with Gasteiger partial charge in [0.05, 0.1) is 19.8 Å². The van der Waals surface area contributed by atoms with Crippen molar-refractivity contribution in [2.75, 3.05) is 13.7 Å². The van der Waals surface area contributed by atoms with E-state index in [1.807, 2.05) is 49.4 Å². The van der Waals surface area contributed by atoms with Gasteiger partial charge in [-0.05, 0) is 48.4 Å². The van der Waals surface area contributed by atoms with E-state index in [-0.39, 0.29) is 6.04 Å². The molecule has 0 saturated heterocycles. The third kappa shape index (κ3) is 3.32. The zero-order valence-corrected chi connectivity index (χ0v) is 13.2. The number of methoxy groups -OCH3 is 1. The van der Waals surface area contributed by atoms with Gasteiger partial charge < -0.3 is 15.2 Å². The van der Waals surface area contributed by atoms with Crippen LogP contribution < -0.4 is 15.2 Å². The molecule has 0 fully saturated rings. The lowest BCUT2D eigenvalue weighted by molar-refractivity contribution is 0.340. The summed E-state index contributed by atoms with van der Waals surface area (Å²) in [7, 11) is 1.65. The van der Waals surface area contributed by atoms with Crippen LogP contribution in [0.15, 0.2) is 46.9 Å². The van der Waals surface area contributed by atoms with E-state index in [0.717, 1.165) is 27.1 Å². The standard InChI is InChI=1S/C16H18BrNO2/c1-3-20-13-6-4-5-11(9-13)16(18)14-10-12(19-2)7-8-15(14)17/h4-10,16H,3,18H2,1-2H3. The van der Waals surface area contributed by atoms with Crippen LogP contribution in [0.3, 0.4) is 0 Å². The van der Waals surface area contributed by atoms with Gasteiger partial charge in [-0.2, -0.15) is 0 Å². The maximum atomic E-state index is 6.36. The molecule has 0 spiro atoms. The molecule has 0 aromatic heterocycles. The van der Waals surface area contributed by atoms with Gasteiger partial charge in [-0.3, -0.25) is 0 Å². The number of rotatable bonds is 5. The van der Waals surface area contributed by atoms with Crippen molar-refractivity contribution in [2.45, 2.75) is 13.0 Å². The Bertz CT molecular complexity index is 586. The summed E-state index contributed by atoms with van der Waals surface area (Å²) in [6, 6.07) is 13.4. The number of halogens is 1. The monoisotopic (exact) mass is 335 g/mol. The van der Waals surface area contributed by atoms with Gasteiger partial charge in [-0.1, -0.05) is 28.1 Å². The minimum Gasteiger partial charge on any atom is -0.497 e. The van der Waals surface area contributed by atoms with Crippen molar-refractivity contribution in [3.05, 3.63) is 58.1 Å². The molecule has 20 heavy (non-hydrogen) atoms. The van der Waals surface area contributed by atoms with Crippen LogP contribution in [0, 0.1) is 0 Å². The van der Waals surface area contributed by atoms with Crippen molar-refractivity contribution >= 4 is 15.9 Å². The van der Waals surface area contributed by atoms with Gasteiger partial charge in [0.15, 0.2) is 0 Å². The Morgan fingerprint density at radius 3 is 2.65 bits per heavy atom. The van der Waals surface area contributed by atoms with Crippen molar-refractivity contribution in [3.63, 3.8) is 0 Å². The van der Waals surface area contributed by atoms with Crippen LogP contribution in [0.1, 0.15) is 24.1 Å². The largest absolute Gasteiger partial charge is 0.497 e. The number of hydrogen-bond acceptors (Lipinski definition) is 3. The number of benzene rings is 2. The molecule has 0 amide bonds. The third-order valence-electron chi connectivity index (χ3n) is 3.07. The van der Waals surface area contributed by atoms with E-state index in [1.165, 1.54) is 0 Å². The second-order valence-corrected chi connectivity index (χ2v) is 5.22. The van der Waals surface area contributed by atoms with E-state index >= 15 is 0 Å². The summed E-state index contributed by atoms with van der Waals surface area (Å²) in [6.07, 6.45) is 0. The van der Waals surface area contributed by atoms with E-state index < -0.39 is 0 Å². The van der Waals surface area contributed by atoms with Crippen molar-refractivity contribution in [2.24, 2.45) is 5.73 Å². The van der Waals surface area contributed by atoms with E-state index in [9.17, 15) is 0 Å². The minimum atomic E-state index is -0.236. The quantitative estimate of drug-likeness (QED) is 0.900. The molecule has 3 nitrogen and oxygen atoms in total. The minimum absolute atomic E-state index is 0.236. The Hall–Kier alpha value is -1.52. The average molecular weight is 336 g/mol. The van der Waals surface area contributed by atoms with E-state index in [1.54, 1.807) is 7.11 Å². The molecule has 0 aliphatic carbocycles. The molecule has 106 valence electrons. The van der Waals surface area contributed by atoms with Gasteiger partial charge in [0.1, 0.15) is 11.5 Å². The fraction of sp³-hybridized carbons (Fsp3) is 0.250. The Morgan fingerprint density at radius 2 is 1.95 bits per heavy atom. The lowest BCUT2D eigenvalue weighted by Gasteiger charge is -2.16. The van der Waals surface area contributed by atoms with Crippen LogP contribution in [0.25, 0.3) is 0 Å². The molecule has 0 aliphatic rings. The second kappa shape index (κ2) is 6.77. The fourth-order valence-corrected chi connectivity index (χ4v) is 2.52. The van der Waals surface area contributed by atoms with Crippen LogP contribution in [-0.2, 0) is 0 Å². The summed E-state index contributed by atoms with van der Waals surface area (Å²) in [4.78, 5) is 0. The summed E-state index contributed by atoms with van der Waals surface area (Å²) in [5.74, 6) is 1.62. The predicted octanol–water partition coefficient (Wildman–Crippen LogP) is 3.90. The van der Waals surface area contributed by atoms with E-state index in [4.69, 9.17) is 15.2 Å². The highest BCUT2D eigenvalue weighted by atomic mass is 79.9. The van der Waals surface area contributed by atoms with E-state index in [0.29, 0.717) is 6.61 Å². The summed E-state index contributed by atoms with van der Waals surface area (Å²) in [6.45, 7) is 2.60. The highest BCUT2D eigenvalue weighted by Crippen LogP contribution is 2.31. The Balaban J connectivity index is 2.35. The first kappa shape index (κ1) is 14.9. The normalized spacial score (nSPS) is 12.0. The van der Waals surface area contributed by atoms with Crippen LogP contribution in [0.4, 0.5) is 0 Å². The number of hydrogen-bond donors (Lipinski definition) is 1. The predicted molar refractivity (Wildman–Crippen MR) is 84.3 cm³/mol. The SMILES string of the molecule is CCOc1cccc(C(N)c2cc(OC)ccc2Br)c1. The maximum absolute atomic E-state index is 6.36. The molecule has 2 N–H and O–H groups in total. The summed E-state index contributed by atoms with van der Waals surface area (Å²) < 4.78 is 11.7. The maximum Gasteiger partial charge on any atom is 0.119 e. The molecule has 0 radical (unpaired) electrons. The van der Waals surface area contributed by atoms with Crippen molar-refractivity contribution in [1.29, 1.82) is 0 Å². The van der Waals surface area contributed by atoms with Crippen LogP contribution in [0.2, 0.25) is 0 Å². The van der Waals surface area contributed by atoms with Crippen molar-refractivity contribution in [3.8, 4) is 11.5 Å². The lowest BCUT2D eigenvalue weighted by Crippen LogP contribution is -2.12. The molecular formula is C16H18BrNO2. The molecule has 4 heteroatoms. The molecule has 1 atom stereocenters. The molecule has 2 aromatic rings. The van der Waals surface area contributed by atoms with Gasteiger partial charge in [0.2, 0.25) is 0 Å². The fourth-order valence-electron chi connectivity index (χ4n) is 2.03. The van der Waals surface area contributed by atoms with Crippen LogP contribution >= 0.6 is 15.9 Å². The van der Waals surface area contributed by atoms with Crippen LogP contribution in [0.5, 0.6) is 11.5 Å².